The molecule has 0 aliphatic carbocycles. The molecule has 0 bridgehead atoms. The second-order valence-corrected chi connectivity index (χ2v) is 5.56. The van der Waals surface area contributed by atoms with Gasteiger partial charge in [0.25, 0.3) is 11.8 Å². The van der Waals surface area contributed by atoms with Crippen molar-refractivity contribution in [3.8, 4) is 11.5 Å². The molecule has 0 saturated carbocycles. The number of esters is 1. The maximum atomic E-state index is 12.8. The average molecular weight is 386 g/mol. The Kier molecular flexibility index (Phi) is 5.85. The Labute approximate surface area is 158 Å². The Hall–Kier alpha value is -3.88. The molecule has 2 aromatic rings. The molecule has 2 aromatic carbocycles. The van der Waals surface area contributed by atoms with Gasteiger partial charge in [-0.3, -0.25) is 20.4 Å². The van der Waals surface area contributed by atoms with E-state index in [1.807, 2.05) is 0 Å². The standard InChI is InChI=1S/C19H15FN2O6/c20-14-5-3-13(4-6-14)19(25)22-21-17(23)10-26-18(24)8-2-12-1-7-15-16(9-12)28-11-27-15/h1-9H,10-11H2,(H,21,23)(H,22,25). The van der Waals surface area contributed by atoms with Gasteiger partial charge in [0.1, 0.15) is 5.82 Å². The Balaban J connectivity index is 1.40. The van der Waals surface area contributed by atoms with Crippen molar-refractivity contribution in [2.24, 2.45) is 0 Å². The highest BCUT2D eigenvalue weighted by molar-refractivity contribution is 5.95. The summed E-state index contributed by atoms with van der Waals surface area (Å²) in [7, 11) is 0. The second kappa shape index (κ2) is 8.67. The summed E-state index contributed by atoms with van der Waals surface area (Å²) in [5, 5.41) is 0. The van der Waals surface area contributed by atoms with E-state index in [9.17, 15) is 18.8 Å². The summed E-state index contributed by atoms with van der Waals surface area (Å²) in [6.45, 7) is -0.439. The van der Waals surface area contributed by atoms with Crippen LogP contribution in [0.25, 0.3) is 6.08 Å². The lowest BCUT2D eigenvalue weighted by Crippen LogP contribution is -2.43. The number of carbonyl (C=O) groups excluding carboxylic acids is 3. The number of ether oxygens (including phenoxy) is 3. The number of amides is 2. The van der Waals surface area contributed by atoms with Gasteiger partial charge in [-0.15, -0.1) is 0 Å². The molecule has 0 atom stereocenters. The third-order valence-corrected chi connectivity index (χ3v) is 3.58. The number of benzene rings is 2. The summed E-state index contributed by atoms with van der Waals surface area (Å²) in [6, 6.07) is 9.90. The molecular weight excluding hydrogens is 371 g/mol. The van der Waals surface area contributed by atoms with Crippen LogP contribution in [0.1, 0.15) is 15.9 Å². The van der Waals surface area contributed by atoms with Crippen molar-refractivity contribution in [3.05, 3.63) is 65.5 Å². The van der Waals surface area contributed by atoms with Gasteiger partial charge in [-0.05, 0) is 48.0 Å². The van der Waals surface area contributed by atoms with Crippen molar-refractivity contribution in [2.45, 2.75) is 0 Å². The minimum atomic E-state index is -0.738. The topological polar surface area (TPSA) is 103 Å². The monoisotopic (exact) mass is 386 g/mol. The molecule has 2 amide bonds. The van der Waals surface area contributed by atoms with E-state index in [0.717, 1.165) is 18.2 Å². The van der Waals surface area contributed by atoms with Crippen LogP contribution in [0.3, 0.4) is 0 Å². The van der Waals surface area contributed by atoms with Crippen LogP contribution in [0.4, 0.5) is 4.39 Å². The highest BCUT2D eigenvalue weighted by atomic mass is 19.1. The van der Waals surface area contributed by atoms with Gasteiger partial charge in [-0.25, -0.2) is 9.18 Å². The number of rotatable bonds is 5. The van der Waals surface area contributed by atoms with Crippen LogP contribution in [0.15, 0.2) is 48.5 Å². The lowest BCUT2D eigenvalue weighted by molar-refractivity contribution is -0.144. The third kappa shape index (κ3) is 5.07. The van der Waals surface area contributed by atoms with Crippen LogP contribution in [0.2, 0.25) is 0 Å². The van der Waals surface area contributed by atoms with Crippen molar-refractivity contribution in [2.75, 3.05) is 13.4 Å². The molecule has 1 aliphatic rings. The minimum Gasteiger partial charge on any atom is -0.454 e. The lowest BCUT2D eigenvalue weighted by Gasteiger charge is -2.07. The Morgan fingerprint density at radius 2 is 1.79 bits per heavy atom. The number of hydrogen-bond acceptors (Lipinski definition) is 6. The molecular formula is C19H15FN2O6. The number of hydrazine groups is 1. The first-order valence-corrected chi connectivity index (χ1v) is 8.10. The van der Waals surface area contributed by atoms with Gasteiger partial charge >= 0.3 is 5.97 Å². The molecule has 0 radical (unpaired) electrons. The molecule has 0 unspecified atom stereocenters. The zero-order valence-corrected chi connectivity index (χ0v) is 14.4. The average Bonchev–Trinajstić information content (AvgIpc) is 3.17. The van der Waals surface area contributed by atoms with Crippen molar-refractivity contribution in [1.29, 1.82) is 0 Å². The number of carbonyl (C=O) groups is 3. The van der Waals surface area contributed by atoms with E-state index in [4.69, 9.17) is 14.2 Å². The van der Waals surface area contributed by atoms with E-state index in [0.29, 0.717) is 17.1 Å². The number of hydrogen-bond donors (Lipinski definition) is 2. The van der Waals surface area contributed by atoms with Gasteiger partial charge < -0.3 is 14.2 Å². The fourth-order valence-corrected chi connectivity index (χ4v) is 2.20. The fraction of sp³-hybridized carbons (Fsp3) is 0.105. The summed E-state index contributed by atoms with van der Waals surface area (Å²) >= 11 is 0. The van der Waals surface area contributed by atoms with Crippen molar-refractivity contribution in [3.63, 3.8) is 0 Å². The van der Waals surface area contributed by atoms with Crippen LogP contribution >= 0.6 is 0 Å². The van der Waals surface area contributed by atoms with Gasteiger partial charge in [-0.2, -0.15) is 0 Å². The molecule has 1 aliphatic heterocycles. The van der Waals surface area contributed by atoms with Crippen molar-refractivity contribution in [1.82, 2.24) is 10.9 Å². The first-order valence-electron chi connectivity index (χ1n) is 8.10. The van der Waals surface area contributed by atoms with Crippen LogP contribution < -0.4 is 20.3 Å². The van der Waals surface area contributed by atoms with Crippen LogP contribution in [0.5, 0.6) is 11.5 Å². The summed E-state index contributed by atoms with van der Waals surface area (Å²) in [5.41, 5.74) is 5.07. The van der Waals surface area contributed by atoms with E-state index in [-0.39, 0.29) is 12.4 Å². The zero-order chi connectivity index (χ0) is 19.9. The zero-order valence-electron chi connectivity index (χ0n) is 14.4. The summed E-state index contributed by atoms with van der Waals surface area (Å²) in [5.74, 6) is -1.40. The van der Waals surface area contributed by atoms with Gasteiger partial charge in [-0.1, -0.05) is 6.07 Å². The van der Waals surface area contributed by atoms with Crippen molar-refractivity contribution < 1.29 is 33.0 Å². The molecule has 28 heavy (non-hydrogen) atoms. The summed E-state index contributed by atoms with van der Waals surface area (Å²) < 4.78 is 28.0. The molecule has 8 nitrogen and oxygen atoms in total. The van der Waals surface area contributed by atoms with Gasteiger partial charge in [0, 0.05) is 11.6 Å². The Morgan fingerprint density at radius 3 is 2.57 bits per heavy atom. The second-order valence-electron chi connectivity index (χ2n) is 5.56. The maximum Gasteiger partial charge on any atom is 0.331 e. The first kappa shape index (κ1) is 18.9. The van der Waals surface area contributed by atoms with Gasteiger partial charge in [0.05, 0.1) is 0 Å². The quantitative estimate of drug-likeness (QED) is 0.459. The van der Waals surface area contributed by atoms with Crippen molar-refractivity contribution >= 4 is 23.9 Å². The molecule has 3 rings (SSSR count). The molecule has 9 heteroatoms. The number of halogens is 1. The minimum absolute atomic E-state index is 0.150. The highest BCUT2D eigenvalue weighted by Crippen LogP contribution is 2.32. The van der Waals surface area contributed by atoms with E-state index >= 15 is 0 Å². The van der Waals surface area contributed by atoms with Crippen LogP contribution in [-0.2, 0) is 14.3 Å². The number of fused-ring (bicyclic) bond motifs is 1. The summed E-state index contributed by atoms with van der Waals surface area (Å²) in [6.07, 6.45) is 2.65. The normalized spacial score (nSPS) is 11.9. The molecule has 0 spiro atoms. The molecule has 144 valence electrons. The van der Waals surface area contributed by atoms with E-state index in [1.165, 1.54) is 18.2 Å². The van der Waals surface area contributed by atoms with E-state index in [1.54, 1.807) is 18.2 Å². The third-order valence-electron chi connectivity index (χ3n) is 3.58. The Morgan fingerprint density at radius 1 is 1.04 bits per heavy atom. The fourth-order valence-electron chi connectivity index (χ4n) is 2.20. The molecule has 0 aromatic heterocycles. The van der Waals surface area contributed by atoms with Crippen LogP contribution in [-0.4, -0.2) is 31.2 Å². The largest absolute Gasteiger partial charge is 0.454 e. The van der Waals surface area contributed by atoms with E-state index in [2.05, 4.69) is 10.9 Å². The van der Waals surface area contributed by atoms with Gasteiger partial charge in [0.2, 0.25) is 6.79 Å². The first-order chi connectivity index (χ1) is 13.5. The lowest BCUT2D eigenvalue weighted by atomic mass is 10.2. The summed E-state index contributed by atoms with van der Waals surface area (Å²) in [4.78, 5) is 35.1. The molecule has 0 fully saturated rings. The highest BCUT2D eigenvalue weighted by Gasteiger charge is 2.12. The SMILES string of the molecule is O=C(COC(=O)C=Cc1ccc2c(c1)OCO2)NNC(=O)c1ccc(F)cc1. The van der Waals surface area contributed by atoms with E-state index < -0.39 is 30.2 Å². The Bertz CT molecular complexity index is 927. The maximum absolute atomic E-state index is 12.8. The number of nitrogens with one attached hydrogen (secondary N) is 2. The molecule has 0 saturated heterocycles. The van der Waals surface area contributed by atoms with Gasteiger partial charge in [0.15, 0.2) is 18.1 Å². The smallest absolute Gasteiger partial charge is 0.331 e. The predicted octanol–water partition coefficient (Wildman–Crippen LogP) is 1.57. The van der Waals surface area contributed by atoms with Crippen LogP contribution in [0, 0.1) is 5.82 Å². The predicted molar refractivity (Wildman–Crippen MR) is 94.6 cm³/mol. The molecule has 1 heterocycles. The molecule has 2 N–H and O–H groups in total.